The Labute approximate surface area is 126 Å². The largest absolute Gasteiger partial charge is 0.394 e. The van der Waals surface area contributed by atoms with Gasteiger partial charge in [0.15, 0.2) is 12.6 Å². The monoisotopic (exact) mass is 326 g/mol. The minimum Gasteiger partial charge on any atom is -0.394 e. The van der Waals surface area contributed by atoms with E-state index in [0.29, 0.717) is 0 Å². The van der Waals surface area contributed by atoms with Crippen LogP contribution in [0.1, 0.15) is 6.92 Å². The molecule has 0 amide bonds. The molecule has 0 aliphatic carbocycles. The van der Waals surface area contributed by atoms with Crippen LogP contribution in [0.4, 0.5) is 0 Å². The van der Waals surface area contributed by atoms with Crippen molar-refractivity contribution in [1.82, 2.24) is 0 Å². The van der Waals surface area contributed by atoms with Crippen LogP contribution in [0.2, 0.25) is 0 Å². The van der Waals surface area contributed by atoms with E-state index >= 15 is 0 Å². The van der Waals surface area contributed by atoms with Gasteiger partial charge in [-0.3, -0.25) is 0 Å². The van der Waals surface area contributed by atoms with Crippen molar-refractivity contribution in [2.24, 2.45) is 0 Å². The molecule has 7 N–H and O–H groups in total. The Morgan fingerprint density at radius 1 is 0.727 bits per heavy atom. The summed E-state index contributed by atoms with van der Waals surface area (Å²) >= 11 is 0. The molecule has 0 aromatic heterocycles. The van der Waals surface area contributed by atoms with Gasteiger partial charge in [0.1, 0.15) is 42.7 Å². The Hall–Kier alpha value is -0.400. The van der Waals surface area contributed by atoms with Crippen LogP contribution >= 0.6 is 0 Å². The molecular weight excluding hydrogens is 304 g/mol. The van der Waals surface area contributed by atoms with Crippen LogP contribution in [-0.4, -0.2) is 104 Å². The molecule has 22 heavy (non-hydrogen) atoms. The third kappa shape index (κ3) is 3.26. The zero-order valence-corrected chi connectivity index (χ0v) is 11.8. The molecular formula is C12H22O10. The van der Waals surface area contributed by atoms with Crippen molar-refractivity contribution in [3.8, 4) is 0 Å². The Morgan fingerprint density at radius 2 is 1.23 bits per heavy atom. The molecule has 10 unspecified atom stereocenters. The summed E-state index contributed by atoms with van der Waals surface area (Å²) in [6.07, 6.45) is -14.3. The minimum atomic E-state index is -1.66. The standard InChI is InChI=1S/C12H22O10/c1-3-5(14)7(16)9(18)11(20-3)22-12-10(19)8(17)6(15)4(2-13)21-12/h3-19H,2H2,1H3. The number of hydrogen-bond donors (Lipinski definition) is 7. The molecule has 10 heteroatoms. The van der Waals surface area contributed by atoms with E-state index in [2.05, 4.69) is 0 Å². The predicted octanol–water partition coefficient (Wildman–Crippen LogP) is -4.37. The van der Waals surface area contributed by atoms with Crippen LogP contribution < -0.4 is 0 Å². The van der Waals surface area contributed by atoms with E-state index < -0.39 is 68.0 Å². The van der Waals surface area contributed by atoms with Gasteiger partial charge in [-0.05, 0) is 6.92 Å². The van der Waals surface area contributed by atoms with E-state index in [-0.39, 0.29) is 0 Å². The van der Waals surface area contributed by atoms with Gasteiger partial charge in [0.2, 0.25) is 0 Å². The van der Waals surface area contributed by atoms with Crippen LogP contribution in [0.3, 0.4) is 0 Å². The molecule has 0 spiro atoms. The van der Waals surface area contributed by atoms with Crippen LogP contribution in [-0.2, 0) is 14.2 Å². The normalized spacial score (nSPS) is 53.5. The van der Waals surface area contributed by atoms with Gasteiger partial charge in [-0.15, -0.1) is 0 Å². The fourth-order valence-corrected chi connectivity index (χ4v) is 2.44. The third-order valence-corrected chi connectivity index (χ3v) is 3.93. The molecule has 0 bridgehead atoms. The van der Waals surface area contributed by atoms with E-state index in [9.17, 15) is 30.6 Å². The molecule has 2 saturated heterocycles. The zero-order chi connectivity index (χ0) is 16.6. The highest BCUT2D eigenvalue weighted by molar-refractivity contribution is 4.91. The van der Waals surface area contributed by atoms with Crippen LogP contribution in [0.25, 0.3) is 0 Å². The molecule has 2 fully saturated rings. The summed E-state index contributed by atoms with van der Waals surface area (Å²) in [5, 5.41) is 67.3. The molecule has 130 valence electrons. The first-order valence-corrected chi connectivity index (χ1v) is 6.93. The summed E-state index contributed by atoms with van der Waals surface area (Å²) < 4.78 is 15.5. The molecule has 10 atom stereocenters. The van der Waals surface area contributed by atoms with Gasteiger partial charge in [0.05, 0.1) is 12.7 Å². The lowest BCUT2D eigenvalue weighted by Gasteiger charge is -2.44. The van der Waals surface area contributed by atoms with Crippen molar-refractivity contribution in [3.63, 3.8) is 0 Å². The van der Waals surface area contributed by atoms with Gasteiger partial charge in [0.25, 0.3) is 0 Å². The Morgan fingerprint density at radius 3 is 1.77 bits per heavy atom. The topological polar surface area (TPSA) is 169 Å². The summed E-state index contributed by atoms with van der Waals surface area (Å²) in [6.45, 7) is 0.819. The Bertz CT molecular complexity index is 366. The fourth-order valence-electron chi connectivity index (χ4n) is 2.44. The lowest BCUT2D eigenvalue weighted by molar-refractivity contribution is -0.373. The maximum absolute atomic E-state index is 9.83. The van der Waals surface area contributed by atoms with E-state index in [1.165, 1.54) is 6.92 Å². The SMILES string of the molecule is CC1OC(OC2OC(CO)C(O)C(O)C2O)C(O)C(O)C1O. The van der Waals surface area contributed by atoms with Crippen LogP contribution in [0.15, 0.2) is 0 Å². The number of aliphatic hydroxyl groups is 7. The third-order valence-electron chi connectivity index (χ3n) is 3.93. The lowest BCUT2D eigenvalue weighted by Crippen LogP contribution is -2.63. The van der Waals surface area contributed by atoms with Gasteiger partial charge < -0.3 is 50.0 Å². The maximum Gasteiger partial charge on any atom is 0.189 e. The zero-order valence-electron chi connectivity index (χ0n) is 11.8. The highest BCUT2D eigenvalue weighted by Gasteiger charge is 2.48. The number of rotatable bonds is 3. The molecule has 0 aromatic carbocycles. The summed E-state index contributed by atoms with van der Waals surface area (Å²) in [7, 11) is 0. The molecule has 2 aliphatic heterocycles. The molecule has 0 saturated carbocycles. The van der Waals surface area contributed by atoms with E-state index in [0.717, 1.165) is 0 Å². The quantitative estimate of drug-likeness (QED) is 0.269. The van der Waals surface area contributed by atoms with E-state index in [1.54, 1.807) is 0 Å². The lowest BCUT2D eigenvalue weighted by atomic mass is 9.98. The summed E-state index contributed by atoms with van der Waals surface area (Å²) in [4.78, 5) is 0. The van der Waals surface area contributed by atoms with Crippen molar-refractivity contribution in [2.75, 3.05) is 6.61 Å². The summed E-state index contributed by atoms with van der Waals surface area (Å²) in [5.74, 6) is 0. The van der Waals surface area contributed by atoms with Crippen molar-refractivity contribution < 1.29 is 50.0 Å². The van der Waals surface area contributed by atoms with Gasteiger partial charge in [-0.2, -0.15) is 0 Å². The first kappa shape index (κ1) is 17.9. The summed E-state index contributed by atoms with van der Waals surface area (Å²) in [5.41, 5.74) is 0. The first-order valence-electron chi connectivity index (χ1n) is 6.93. The van der Waals surface area contributed by atoms with Crippen molar-refractivity contribution >= 4 is 0 Å². The highest BCUT2D eigenvalue weighted by atomic mass is 16.8. The Kier molecular flexibility index (Phi) is 5.72. The minimum absolute atomic E-state index is 0.628. The molecule has 2 rings (SSSR count). The number of ether oxygens (including phenoxy) is 3. The summed E-state index contributed by atoms with van der Waals surface area (Å²) in [6, 6.07) is 0. The molecule has 0 radical (unpaired) electrons. The van der Waals surface area contributed by atoms with E-state index in [4.69, 9.17) is 19.3 Å². The molecule has 10 nitrogen and oxygen atoms in total. The second kappa shape index (κ2) is 7.01. The number of aliphatic hydroxyl groups excluding tert-OH is 7. The molecule has 2 heterocycles. The Balaban J connectivity index is 2.05. The molecule has 2 aliphatic rings. The fraction of sp³-hybridized carbons (Fsp3) is 1.00. The highest BCUT2D eigenvalue weighted by Crippen LogP contribution is 2.27. The van der Waals surface area contributed by atoms with Crippen molar-refractivity contribution in [2.45, 2.75) is 68.3 Å². The average Bonchev–Trinajstić information content (AvgIpc) is 2.50. The average molecular weight is 326 g/mol. The smallest absolute Gasteiger partial charge is 0.189 e. The van der Waals surface area contributed by atoms with E-state index in [1.807, 2.05) is 0 Å². The molecule has 0 aromatic rings. The van der Waals surface area contributed by atoms with Gasteiger partial charge in [-0.25, -0.2) is 0 Å². The van der Waals surface area contributed by atoms with Crippen LogP contribution in [0.5, 0.6) is 0 Å². The second-order valence-corrected chi connectivity index (χ2v) is 5.51. The predicted molar refractivity (Wildman–Crippen MR) is 67.2 cm³/mol. The number of hydrogen-bond acceptors (Lipinski definition) is 10. The van der Waals surface area contributed by atoms with Crippen molar-refractivity contribution in [1.29, 1.82) is 0 Å². The first-order chi connectivity index (χ1) is 10.3. The second-order valence-electron chi connectivity index (χ2n) is 5.51. The maximum atomic E-state index is 9.83. The van der Waals surface area contributed by atoms with Crippen molar-refractivity contribution in [3.05, 3.63) is 0 Å². The van der Waals surface area contributed by atoms with Gasteiger partial charge in [0, 0.05) is 0 Å². The van der Waals surface area contributed by atoms with Gasteiger partial charge in [-0.1, -0.05) is 0 Å². The van der Waals surface area contributed by atoms with Crippen LogP contribution in [0, 0.1) is 0 Å². The van der Waals surface area contributed by atoms with Gasteiger partial charge >= 0.3 is 0 Å².